The van der Waals surface area contributed by atoms with Gasteiger partial charge in [0.05, 0.1) is 18.8 Å². The predicted octanol–water partition coefficient (Wildman–Crippen LogP) is 9.90. The molecular weight excluding hydrogens is 784 g/mol. The highest BCUT2D eigenvalue weighted by molar-refractivity contribution is 5.88. The van der Waals surface area contributed by atoms with E-state index in [1.807, 2.05) is 19.1 Å². The van der Waals surface area contributed by atoms with Crippen LogP contribution in [0.4, 0.5) is 4.39 Å². The van der Waals surface area contributed by atoms with Crippen molar-refractivity contribution in [3.63, 3.8) is 0 Å². The van der Waals surface area contributed by atoms with Crippen molar-refractivity contribution in [2.24, 2.45) is 0 Å². The predicted molar refractivity (Wildman–Crippen MR) is 243 cm³/mol. The zero-order valence-electron chi connectivity index (χ0n) is 36.0. The van der Waals surface area contributed by atoms with Gasteiger partial charge in [-0.15, -0.1) is 0 Å². The van der Waals surface area contributed by atoms with Crippen molar-refractivity contribution >= 4 is 33.7 Å². The summed E-state index contributed by atoms with van der Waals surface area (Å²) in [6.07, 6.45) is 11.1. The number of carboxylic acid groups (broad SMARTS) is 2. The van der Waals surface area contributed by atoms with Crippen LogP contribution in [0.15, 0.2) is 109 Å². The molecule has 2 aliphatic rings. The lowest BCUT2D eigenvalue weighted by atomic mass is 9.89. The maximum absolute atomic E-state index is 13.3. The lowest BCUT2D eigenvalue weighted by Gasteiger charge is -2.32. The van der Waals surface area contributed by atoms with Crippen molar-refractivity contribution in [3.8, 4) is 5.75 Å². The summed E-state index contributed by atoms with van der Waals surface area (Å²) < 4.78 is 29.3. The molecule has 2 N–H and O–H groups in total. The van der Waals surface area contributed by atoms with Crippen LogP contribution in [0.3, 0.4) is 0 Å². The number of rotatable bonds is 18. The first-order chi connectivity index (χ1) is 30.2. The largest absolute Gasteiger partial charge is 0.494 e. The molecule has 0 saturated carbocycles. The number of aromatic nitrogens is 2. The molecule has 2 aliphatic heterocycles. The number of aliphatic carboxylic acids is 1. The third-order valence-corrected chi connectivity index (χ3v) is 12.5. The van der Waals surface area contributed by atoms with Gasteiger partial charge in [0.1, 0.15) is 11.6 Å². The minimum absolute atomic E-state index is 0.206. The van der Waals surface area contributed by atoms with Crippen LogP contribution in [-0.2, 0) is 22.6 Å². The first-order valence-corrected chi connectivity index (χ1v) is 22.4. The number of nitrogens with zero attached hydrogens (tertiary/aromatic N) is 4. The average Bonchev–Trinajstić information content (AvgIpc) is 3.85. The van der Waals surface area contributed by atoms with Gasteiger partial charge >= 0.3 is 11.9 Å². The molecule has 6 aromatic rings. The standard InChI is InChI=1S/C30H31FN2O3.C21H30N2O3/c31-25-11-9-22(10-12-25)20-33-21-28(27-7-1-2-8-29(27)33)23-13-16-32(17-14-23)15-4-18-36-26-6-3-5-24(19-26)30(34)35;1-2-26-15-14-23-16-19(18-6-3-4-7-20(18)23)17-9-12-22(13-10-17)11-5-8-21(24)25/h1-3,5-12,19,21,23H,4,13-18,20H2,(H,34,35);3-4,6-7,16-17H,2,5,8-15H2,1H3,(H,24,25). The minimum atomic E-state index is -0.943. The summed E-state index contributed by atoms with van der Waals surface area (Å²) in [6.45, 7) is 11.8. The lowest BCUT2D eigenvalue weighted by molar-refractivity contribution is -0.137. The van der Waals surface area contributed by atoms with Gasteiger partial charge in [-0.05, 0) is 149 Å². The maximum Gasteiger partial charge on any atom is 0.335 e. The van der Waals surface area contributed by atoms with Gasteiger partial charge in [-0.3, -0.25) is 4.79 Å². The van der Waals surface area contributed by atoms with Crippen molar-refractivity contribution < 1.29 is 33.7 Å². The van der Waals surface area contributed by atoms with Gasteiger partial charge in [-0.25, -0.2) is 9.18 Å². The van der Waals surface area contributed by atoms with E-state index < -0.39 is 11.9 Å². The van der Waals surface area contributed by atoms with Gasteiger partial charge in [0, 0.05) is 66.9 Å². The van der Waals surface area contributed by atoms with Gasteiger partial charge < -0.3 is 38.6 Å². The van der Waals surface area contributed by atoms with E-state index in [1.165, 1.54) is 45.1 Å². The van der Waals surface area contributed by atoms with Gasteiger partial charge in [0.2, 0.25) is 0 Å². The van der Waals surface area contributed by atoms with Crippen LogP contribution in [0.2, 0.25) is 0 Å². The van der Waals surface area contributed by atoms with Gasteiger partial charge in [-0.1, -0.05) is 54.6 Å². The fraction of sp³-hybridized carbons (Fsp3) is 0.412. The van der Waals surface area contributed by atoms with Crippen LogP contribution in [-0.4, -0.2) is 100 Å². The summed E-state index contributed by atoms with van der Waals surface area (Å²) in [7, 11) is 0. The fourth-order valence-corrected chi connectivity index (χ4v) is 9.20. The second-order valence-electron chi connectivity index (χ2n) is 16.6. The summed E-state index contributed by atoms with van der Waals surface area (Å²) in [5.41, 5.74) is 6.73. The van der Waals surface area contributed by atoms with Gasteiger partial charge in [0.15, 0.2) is 0 Å². The molecule has 0 radical (unpaired) electrons. The number of ether oxygens (including phenoxy) is 2. The molecular formula is C51H61FN4O6. The van der Waals surface area contributed by atoms with E-state index in [9.17, 15) is 14.0 Å². The normalized spacial score (nSPS) is 15.5. The SMILES string of the molecule is CCOCCn1cc(C2CCN(CCCC(=O)O)CC2)c2ccccc21.O=C(O)c1cccc(OCCCN2CCC(c3cn(Cc4ccc(F)cc4)c4ccccc34)CC2)c1. The number of likely N-dealkylation sites (tertiary alicyclic amines) is 2. The molecule has 10 nitrogen and oxygen atoms in total. The molecule has 0 aliphatic carbocycles. The van der Waals surface area contributed by atoms with E-state index in [-0.39, 0.29) is 17.8 Å². The smallest absolute Gasteiger partial charge is 0.335 e. The Kier molecular flexibility index (Phi) is 15.8. The van der Waals surface area contributed by atoms with Crippen LogP contribution < -0.4 is 4.74 Å². The summed E-state index contributed by atoms with van der Waals surface area (Å²) in [4.78, 5) is 26.7. The van der Waals surface area contributed by atoms with E-state index >= 15 is 0 Å². The molecule has 8 rings (SSSR count). The Morgan fingerprint density at radius 3 is 1.85 bits per heavy atom. The van der Waals surface area contributed by atoms with Crippen LogP contribution in [0.25, 0.3) is 21.8 Å². The number of halogens is 1. The topological polar surface area (TPSA) is 109 Å². The quantitative estimate of drug-likeness (QED) is 0.0824. The molecule has 0 spiro atoms. The third-order valence-electron chi connectivity index (χ3n) is 12.5. The Balaban J connectivity index is 0.000000197. The van der Waals surface area contributed by atoms with E-state index in [2.05, 4.69) is 79.9 Å². The summed E-state index contributed by atoms with van der Waals surface area (Å²) >= 11 is 0. The maximum atomic E-state index is 13.3. The zero-order valence-corrected chi connectivity index (χ0v) is 36.0. The molecule has 62 heavy (non-hydrogen) atoms. The van der Waals surface area contributed by atoms with Crippen molar-refractivity contribution in [3.05, 3.63) is 138 Å². The highest BCUT2D eigenvalue weighted by atomic mass is 19.1. The molecule has 0 bridgehead atoms. The third kappa shape index (κ3) is 11.9. The number of piperidine rings is 2. The zero-order chi connectivity index (χ0) is 43.3. The number of hydrogen-bond donors (Lipinski definition) is 2. The highest BCUT2D eigenvalue weighted by Crippen LogP contribution is 2.36. The fourth-order valence-electron chi connectivity index (χ4n) is 9.20. The lowest BCUT2D eigenvalue weighted by Crippen LogP contribution is -2.34. The van der Waals surface area contributed by atoms with Crippen LogP contribution in [0.5, 0.6) is 5.75 Å². The molecule has 2 saturated heterocycles. The summed E-state index contributed by atoms with van der Waals surface area (Å²) in [5.74, 6) is -0.130. The molecule has 0 amide bonds. The Morgan fingerprint density at radius 1 is 0.677 bits per heavy atom. The second kappa shape index (κ2) is 22.0. The molecule has 0 atom stereocenters. The van der Waals surface area contributed by atoms with Crippen molar-refractivity contribution in [2.75, 3.05) is 59.1 Å². The number of fused-ring (bicyclic) bond motifs is 2. The monoisotopic (exact) mass is 844 g/mol. The number of benzene rings is 4. The van der Waals surface area contributed by atoms with Crippen molar-refractivity contribution in [2.45, 2.75) is 76.8 Å². The van der Waals surface area contributed by atoms with E-state index in [0.717, 1.165) is 110 Å². The molecule has 11 heteroatoms. The van der Waals surface area contributed by atoms with E-state index in [4.69, 9.17) is 19.7 Å². The van der Waals surface area contributed by atoms with Crippen LogP contribution >= 0.6 is 0 Å². The van der Waals surface area contributed by atoms with Crippen molar-refractivity contribution in [1.29, 1.82) is 0 Å². The molecule has 0 unspecified atom stereocenters. The molecule has 328 valence electrons. The number of carboxylic acids is 2. The van der Waals surface area contributed by atoms with Crippen molar-refractivity contribution in [1.82, 2.24) is 18.9 Å². The summed E-state index contributed by atoms with van der Waals surface area (Å²) in [6, 6.07) is 30.6. The number of aromatic carboxylic acids is 1. The minimum Gasteiger partial charge on any atom is -0.494 e. The van der Waals surface area contributed by atoms with E-state index in [1.54, 1.807) is 24.3 Å². The molecule has 4 heterocycles. The second-order valence-corrected chi connectivity index (χ2v) is 16.6. The molecule has 4 aromatic carbocycles. The number of hydrogen-bond acceptors (Lipinski definition) is 6. The Labute approximate surface area is 364 Å². The van der Waals surface area contributed by atoms with E-state index in [0.29, 0.717) is 24.2 Å². The van der Waals surface area contributed by atoms with Crippen LogP contribution in [0, 0.1) is 5.82 Å². The Bertz CT molecular complexity index is 2360. The Morgan fingerprint density at radius 2 is 1.26 bits per heavy atom. The van der Waals surface area contributed by atoms with Gasteiger partial charge in [-0.2, -0.15) is 0 Å². The van der Waals surface area contributed by atoms with Gasteiger partial charge in [0.25, 0.3) is 0 Å². The molecule has 2 aromatic heterocycles. The number of carbonyl (C=O) groups is 2. The Hall–Kier alpha value is -5.49. The van der Waals surface area contributed by atoms with Crippen LogP contribution in [0.1, 0.15) is 90.8 Å². The average molecular weight is 845 g/mol. The first-order valence-electron chi connectivity index (χ1n) is 22.4. The summed E-state index contributed by atoms with van der Waals surface area (Å²) in [5, 5.41) is 20.6. The number of para-hydroxylation sites is 2. The first kappa shape index (κ1) is 44.6. The highest BCUT2D eigenvalue weighted by Gasteiger charge is 2.25. The molecule has 2 fully saturated rings.